The number of hydrogen-bond donors (Lipinski definition) is 2. The van der Waals surface area contributed by atoms with E-state index in [0.717, 1.165) is 11.1 Å². The van der Waals surface area contributed by atoms with Crippen LogP contribution in [-0.4, -0.2) is 24.5 Å². The van der Waals surface area contributed by atoms with E-state index >= 15 is 0 Å². The van der Waals surface area contributed by atoms with Gasteiger partial charge >= 0.3 is 0 Å². The summed E-state index contributed by atoms with van der Waals surface area (Å²) in [4.78, 5) is 0. The van der Waals surface area contributed by atoms with E-state index in [1.807, 2.05) is 62.4 Å². The second-order valence-corrected chi connectivity index (χ2v) is 6.02. The number of hydrogen-bond acceptors (Lipinski definition) is 4. The summed E-state index contributed by atoms with van der Waals surface area (Å²) in [5, 5.41) is 7.72. The number of methoxy groups -OCH3 is 1. The minimum absolute atomic E-state index is 0.0639. The molecule has 0 aliphatic heterocycles. The van der Waals surface area contributed by atoms with Gasteiger partial charge in [-0.25, -0.2) is 0 Å². The number of benzene rings is 2. The molecule has 0 unspecified atom stereocenters. The summed E-state index contributed by atoms with van der Waals surface area (Å²) in [6, 6.07) is 15.7. The molecule has 0 aliphatic carbocycles. The Labute approximate surface area is 154 Å². The Kier molecular flexibility index (Phi) is 7.22. The van der Waals surface area contributed by atoms with Crippen molar-refractivity contribution >= 4 is 23.5 Å². The average molecular weight is 357 g/mol. The molecule has 2 aromatic rings. The fourth-order valence-corrected chi connectivity index (χ4v) is 2.23. The summed E-state index contributed by atoms with van der Waals surface area (Å²) < 4.78 is 11.0. The fraction of sp³-hybridized carbons (Fsp3) is 0.263. The first kappa shape index (κ1) is 18.7. The molecule has 2 rings (SSSR count). The van der Waals surface area contributed by atoms with Crippen LogP contribution in [0.3, 0.4) is 0 Å². The number of thiocarbonyl (C=S) groups is 1. The molecular formula is C19H23N3O2S. The van der Waals surface area contributed by atoms with Crippen LogP contribution in [0.25, 0.3) is 0 Å². The molecule has 6 heteroatoms. The van der Waals surface area contributed by atoms with Gasteiger partial charge in [-0.15, -0.1) is 0 Å². The molecule has 0 atom stereocenters. The predicted molar refractivity (Wildman–Crippen MR) is 105 cm³/mol. The van der Waals surface area contributed by atoms with Gasteiger partial charge in [-0.1, -0.05) is 30.3 Å². The Morgan fingerprint density at radius 2 is 1.92 bits per heavy atom. The first-order valence-electron chi connectivity index (χ1n) is 8.04. The largest absolute Gasteiger partial charge is 0.493 e. The van der Waals surface area contributed by atoms with Crippen molar-refractivity contribution in [1.82, 2.24) is 10.7 Å². The zero-order valence-corrected chi connectivity index (χ0v) is 15.5. The van der Waals surface area contributed by atoms with Gasteiger partial charge in [-0.05, 0) is 55.4 Å². The lowest BCUT2D eigenvalue weighted by molar-refractivity contribution is 0.230. The summed E-state index contributed by atoms with van der Waals surface area (Å²) in [6.07, 6.45) is 1.75. The zero-order valence-electron chi connectivity index (χ0n) is 14.7. The van der Waals surface area contributed by atoms with Crippen LogP contribution < -0.4 is 20.2 Å². The highest BCUT2D eigenvalue weighted by Crippen LogP contribution is 2.28. The lowest BCUT2D eigenvalue weighted by Gasteiger charge is -2.13. The van der Waals surface area contributed by atoms with Gasteiger partial charge < -0.3 is 14.8 Å². The Balaban J connectivity index is 1.89. The van der Waals surface area contributed by atoms with Gasteiger partial charge in [0.15, 0.2) is 16.6 Å². The normalized spacial score (nSPS) is 10.7. The van der Waals surface area contributed by atoms with E-state index in [1.54, 1.807) is 13.3 Å². The highest BCUT2D eigenvalue weighted by molar-refractivity contribution is 7.80. The molecule has 0 fully saturated rings. The molecule has 0 radical (unpaired) electrons. The summed E-state index contributed by atoms with van der Waals surface area (Å²) in [5.41, 5.74) is 4.85. The van der Waals surface area contributed by atoms with Gasteiger partial charge in [0.2, 0.25) is 0 Å². The first-order chi connectivity index (χ1) is 12.1. The molecule has 0 heterocycles. The third kappa shape index (κ3) is 6.43. The quantitative estimate of drug-likeness (QED) is 0.451. The van der Waals surface area contributed by atoms with E-state index < -0.39 is 0 Å². The van der Waals surface area contributed by atoms with Crippen LogP contribution in [0.15, 0.2) is 53.6 Å². The first-order valence-corrected chi connectivity index (χ1v) is 8.45. The molecule has 0 spiro atoms. The third-order valence-electron chi connectivity index (χ3n) is 3.23. The Hall–Kier alpha value is -2.60. The maximum Gasteiger partial charge on any atom is 0.187 e. The van der Waals surface area contributed by atoms with Gasteiger partial charge in [0, 0.05) is 6.54 Å². The molecule has 25 heavy (non-hydrogen) atoms. The van der Waals surface area contributed by atoms with Gasteiger partial charge in [0.05, 0.1) is 19.4 Å². The predicted octanol–water partition coefficient (Wildman–Crippen LogP) is 3.48. The summed E-state index contributed by atoms with van der Waals surface area (Å²) >= 11 is 5.21. The summed E-state index contributed by atoms with van der Waals surface area (Å²) in [6.45, 7) is 4.59. The summed E-state index contributed by atoms with van der Waals surface area (Å²) in [5.74, 6) is 1.38. The van der Waals surface area contributed by atoms with Crippen LogP contribution in [0.4, 0.5) is 0 Å². The molecule has 0 aromatic heterocycles. The van der Waals surface area contributed by atoms with Crippen LogP contribution in [-0.2, 0) is 6.54 Å². The highest BCUT2D eigenvalue weighted by atomic mass is 32.1. The van der Waals surface area contributed by atoms with Crippen molar-refractivity contribution in [2.24, 2.45) is 5.10 Å². The van der Waals surface area contributed by atoms with Crippen LogP contribution >= 0.6 is 12.2 Å². The standard InChI is InChI=1S/C19H23N3O2S/c1-14(2)24-18-11-16(9-10-17(18)23-3)13-21-22-19(25)20-12-15-7-5-4-6-8-15/h4-11,13-14H,12H2,1-3H3,(H2,20,22,25)/b21-13-. The van der Waals surface area contributed by atoms with Gasteiger partial charge in [0.25, 0.3) is 0 Å². The van der Waals surface area contributed by atoms with E-state index in [0.29, 0.717) is 23.2 Å². The molecule has 0 saturated heterocycles. The monoisotopic (exact) mass is 357 g/mol. The Bertz CT molecular complexity index is 718. The van der Waals surface area contributed by atoms with Gasteiger partial charge in [0.1, 0.15) is 0 Å². The van der Waals surface area contributed by atoms with Crippen LogP contribution in [0.5, 0.6) is 11.5 Å². The fourth-order valence-electron chi connectivity index (χ4n) is 2.10. The molecular weight excluding hydrogens is 334 g/mol. The van der Waals surface area contributed by atoms with Crippen LogP contribution in [0.2, 0.25) is 0 Å². The molecule has 0 bridgehead atoms. The Morgan fingerprint density at radius 3 is 2.60 bits per heavy atom. The second kappa shape index (κ2) is 9.64. The van der Waals surface area contributed by atoms with Crippen molar-refractivity contribution in [1.29, 1.82) is 0 Å². The number of ether oxygens (including phenoxy) is 2. The third-order valence-corrected chi connectivity index (χ3v) is 3.46. The molecule has 132 valence electrons. The molecule has 0 aliphatic rings. The van der Waals surface area contributed by atoms with E-state index in [4.69, 9.17) is 21.7 Å². The van der Waals surface area contributed by atoms with Crippen LogP contribution in [0.1, 0.15) is 25.0 Å². The molecule has 2 aromatic carbocycles. The highest BCUT2D eigenvalue weighted by Gasteiger charge is 2.06. The lowest BCUT2D eigenvalue weighted by Crippen LogP contribution is -2.31. The minimum atomic E-state index is 0.0639. The van der Waals surface area contributed by atoms with Crippen molar-refractivity contribution in [2.75, 3.05) is 7.11 Å². The minimum Gasteiger partial charge on any atom is -0.493 e. The molecule has 0 saturated carbocycles. The van der Waals surface area contributed by atoms with E-state index in [-0.39, 0.29) is 6.10 Å². The number of rotatable bonds is 7. The Morgan fingerprint density at radius 1 is 1.16 bits per heavy atom. The van der Waals surface area contributed by atoms with Crippen molar-refractivity contribution < 1.29 is 9.47 Å². The SMILES string of the molecule is COc1ccc(/C=N\NC(=S)NCc2ccccc2)cc1OC(C)C. The van der Waals surface area contributed by atoms with Gasteiger partial charge in [-0.2, -0.15) is 5.10 Å². The average Bonchev–Trinajstić information content (AvgIpc) is 2.60. The maximum atomic E-state index is 5.75. The van der Waals surface area contributed by atoms with Crippen LogP contribution in [0, 0.1) is 0 Å². The van der Waals surface area contributed by atoms with E-state index in [2.05, 4.69) is 15.8 Å². The number of nitrogens with one attached hydrogen (secondary N) is 2. The molecule has 2 N–H and O–H groups in total. The maximum absolute atomic E-state index is 5.75. The van der Waals surface area contributed by atoms with E-state index in [9.17, 15) is 0 Å². The van der Waals surface area contributed by atoms with Crippen molar-refractivity contribution in [3.8, 4) is 11.5 Å². The van der Waals surface area contributed by atoms with Gasteiger partial charge in [-0.3, -0.25) is 5.43 Å². The second-order valence-electron chi connectivity index (χ2n) is 5.62. The van der Waals surface area contributed by atoms with E-state index in [1.165, 1.54) is 0 Å². The number of nitrogens with zero attached hydrogens (tertiary/aromatic N) is 1. The van der Waals surface area contributed by atoms with Crippen molar-refractivity contribution in [2.45, 2.75) is 26.5 Å². The smallest absolute Gasteiger partial charge is 0.187 e. The zero-order chi connectivity index (χ0) is 18.1. The lowest BCUT2D eigenvalue weighted by atomic mass is 10.2. The number of hydrazone groups is 1. The van der Waals surface area contributed by atoms with Crippen molar-refractivity contribution in [3.05, 3.63) is 59.7 Å². The topological polar surface area (TPSA) is 54.9 Å². The molecule has 0 amide bonds. The summed E-state index contributed by atoms with van der Waals surface area (Å²) in [7, 11) is 1.62. The molecule has 5 nitrogen and oxygen atoms in total. The van der Waals surface area contributed by atoms with Crippen molar-refractivity contribution in [3.63, 3.8) is 0 Å².